The Bertz CT molecular complexity index is 1300. The van der Waals surface area contributed by atoms with Crippen LogP contribution in [0.15, 0.2) is 60.8 Å². The number of amides is 2. The first-order valence-corrected chi connectivity index (χ1v) is 15.2. The van der Waals surface area contributed by atoms with Crippen molar-refractivity contribution in [3.05, 3.63) is 83.4 Å². The highest BCUT2D eigenvalue weighted by atomic mass is 19.1. The van der Waals surface area contributed by atoms with Gasteiger partial charge in [-0.1, -0.05) is 31.4 Å². The molecule has 1 heterocycles. The summed E-state index contributed by atoms with van der Waals surface area (Å²) in [5.74, 6) is 0.410. The Labute approximate surface area is 254 Å². The van der Waals surface area contributed by atoms with Gasteiger partial charge in [0, 0.05) is 55.9 Å². The van der Waals surface area contributed by atoms with Crippen LogP contribution in [0.1, 0.15) is 67.1 Å². The number of aromatic nitrogens is 1. The molecule has 9 heteroatoms. The molecule has 0 bridgehead atoms. The largest absolute Gasteiger partial charge is 0.497 e. The molecule has 8 nitrogen and oxygen atoms in total. The summed E-state index contributed by atoms with van der Waals surface area (Å²) in [5.41, 5.74) is 2.38. The van der Waals surface area contributed by atoms with Crippen molar-refractivity contribution in [3.63, 3.8) is 0 Å². The Morgan fingerprint density at radius 1 is 0.977 bits per heavy atom. The molecule has 0 N–H and O–H groups in total. The molecular formula is C34H44FN3O5. The van der Waals surface area contributed by atoms with Crippen molar-refractivity contribution in [2.24, 2.45) is 0 Å². The van der Waals surface area contributed by atoms with E-state index in [0.29, 0.717) is 56.3 Å². The Morgan fingerprint density at radius 2 is 1.67 bits per heavy atom. The predicted octanol–water partition coefficient (Wildman–Crippen LogP) is 5.92. The van der Waals surface area contributed by atoms with E-state index in [9.17, 15) is 14.0 Å². The number of ether oxygens (including phenoxy) is 3. The van der Waals surface area contributed by atoms with Crippen LogP contribution in [0.4, 0.5) is 4.39 Å². The smallest absolute Gasteiger partial charge is 0.254 e. The van der Waals surface area contributed by atoms with Gasteiger partial charge in [-0.25, -0.2) is 4.39 Å². The van der Waals surface area contributed by atoms with Gasteiger partial charge in [0.15, 0.2) is 0 Å². The number of carbonyl (C=O) groups is 2. The molecule has 1 aliphatic carbocycles. The molecule has 0 radical (unpaired) electrons. The maximum atomic E-state index is 14.2. The van der Waals surface area contributed by atoms with Crippen LogP contribution in [0.3, 0.4) is 0 Å². The van der Waals surface area contributed by atoms with Gasteiger partial charge in [-0.2, -0.15) is 0 Å². The van der Waals surface area contributed by atoms with E-state index in [0.717, 1.165) is 36.9 Å². The highest BCUT2D eigenvalue weighted by Crippen LogP contribution is 2.26. The Balaban J connectivity index is 1.57. The Hall–Kier alpha value is -3.85. The van der Waals surface area contributed by atoms with E-state index in [-0.39, 0.29) is 30.2 Å². The van der Waals surface area contributed by atoms with E-state index in [1.165, 1.54) is 18.6 Å². The van der Waals surface area contributed by atoms with E-state index in [2.05, 4.69) is 4.57 Å². The van der Waals surface area contributed by atoms with Gasteiger partial charge in [-0.3, -0.25) is 9.59 Å². The van der Waals surface area contributed by atoms with Gasteiger partial charge in [0.25, 0.3) is 5.91 Å². The SMILES string of the molecule is CCOCCCN(CC(=O)N(Cc1cccn1Cc1ccc(F)cc1)C1CCCCC1)C(=O)c1cc(OC)cc(OC)c1. The lowest BCUT2D eigenvalue weighted by molar-refractivity contribution is -0.135. The summed E-state index contributed by atoms with van der Waals surface area (Å²) in [4.78, 5) is 31.6. The third-order valence-electron chi connectivity index (χ3n) is 7.99. The van der Waals surface area contributed by atoms with Crippen molar-refractivity contribution in [3.8, 4) is 11.5 Å². The second-order valence-electron chi connectivity index (χ2n) is 10.9. The van der Waals surface area contributed by atoms with Crippen LogP contribution in [-0.4, -0.2) is 72.7 Å². The zero-order valence-electron chi connectivity index (χ0n) is 25.6. The zero-order valence-corrected chi connectivity index (χ0v) is 25.6. The number of benzene rings is 2. The number of carbonyl (C=O) groups excluding carboxylic acids is 2. The minimum atomic E-state index is -0.265. The predicted molar refractivity (Wildman–Crippen MR) is 164 cm³/mol. The van der Waals surface area contributed by atoms with Gasteiger partial charge in [0.2, 0.25) is 5.91 Å². The molecule has 0 saturated heterocycles. The lowest BCUT2D eigenvalue weighted by Crippen LogP contribution is -2.48. The Kier molecular flexibility index (Phi) is 12.0. The number of hydrogen-bond donors (Lipinski definition) is 0. The molecule has 43 heavy (non-hydrogen) atoms. The molecule has 0 atom stereocenters. The van der Waals surface area contributed by atoms with Crippen molar-refractivity contribution >= 4 is 11.8 Å². The molecule has 4 rings (SSSR count). The van der Waals surface area contributed by atoms with Crippen molar-refractivity contribution in [2.45, 2.75) is 64.6 Å². The molecular weight excluding hydrogens is 549 g/mol. The molecule has 2 aromatic carbocycles. The third kappa shape index (κ3) is 9.07. The lowest BCUT2D eigenvalue weighted by Gasteiger charge is -2.36. The van der Waals surface area contributed by atoms with Gasteiger partial charge in [0.1, 0.15) is 23.9 Å². The molecule has 232 valence electrons. The minimum absolute atomic E-state index is 0.0420. The highest BCUT2D eigenvalue weighted by molar-refractivity contribution is 5.97. The third-order valence-corrected chi connectivity index (χ3v) is 7.99. The zero-order chi connectivity index (χ0) is 30.6. The van der Waals surface area contributed by atoms with Crippen molar-refractivity contribution < 1.29 is 28.2 Å². The molecule has 1 fully saturated rings. The quantitative estimate of drug-likeness (QED) is 0.205. The van der Waals surface area contributed by atoms with Crippen LogP contribution < -0.4 is 9.47 Å². The molecule has 2 amide bonds. The fourth-order valence-corrected chi connectivity index (χ4v) is 5.64. The number of rotatable bonds is 15. The first kappa shape index (κ1) is 32.1. The topological polar surface area (TPSA) is 73.2 Å². The minimum Gasteiger partial charge on any atom is -0.497 e. The molecule has 1 aliphatic rings. The summed E-state index contributed by atoms with van der Waals surface area (Å²) in [5, 5.41) is 0. The normalized spacial score (nSPS) is 13.5. The van der Waals surface area contributed by atoms with Crippen LogP contribution >= 0.6 is 0 Å². The van der Waals surface area contributed by atoms with Crippen LogP contribution in [0.25, 0.3) is 0 Å². The molecule has 3 aromatic rings. The van der Waals surface area contributed by atoms with E-state index in [1.807, 2.05) is 30.2 Å². The maximum absolute atomic E-state index is 14.2. The second-order valence-corrected chi connectivity index (χ2v) is 10.9. The summed E-state index contributed by atoms with van der Waals surface area (Å²) < 4.78 is 31.9. The standard InChI is InChI=1S/C34H44FN3O5/c1-4-43-19-9-18-37(34(40)27-20-31(41-2)22-32(21-27)42-3)25-33(39)38(29-10-6-5-7-11-29)24-30-12-8-17-36(30)23-26-13-15-28(35)16-14-26/h8,12-17,20-22,29H,4-7,9-11,18-19,23-25H2,1-3H3. The maximum Gasteiger partial charge on any atom is 0.254 e. The van der Waals surface area contributed by atoms with Crippen molar-refractivity contribution in [1.82, 2.24) is 14.4 Å². The summed E-state index contributed by atoms with van der Waals surface area (Å²) in [6.07, 6.45) is 7.79. The summed E-state index contributed by atoms with van der Waals surface area (Å²) in [6.45, 7) is 4.37. The molecule has 1 aromatic heterocycles. The van der Waals surface area contributed by atoms with E-state index in [1.54, 1.807) is 49.5 Å². The average Bonchev–Trinajstić information content (AvgIpc) is 3.48. The van der Waals surface area contributed by atoms with Gasteiger partial charge >= 0.3 is 0 Å². The highest BCUT2D eigenvalue weighted by Gasteiger charge is 2.29. The van der Waals surface area contributed by atoms with Crippen molar-refractivity contribution in [2.75, 3.05) is 40.5 Å². The second kappa shape index (κ2) is 16.1. The molecule has 0 unspecified atom stereocenters. The summed E-state index contributed by atoms with van der Waals surface area (Å²) in [6, 6.07) is 15.7. The average molecular weight is 594 g/mol. The van der Waals surface area contributed by atoms with E-state index < -0.39 is 0 Å². The lowest BCUT2D eigenvalue weighted by atomic mass is 9.94. The molecule has 0 aliphatic heterocycles. The summed E-state index contributed by atoms with van der Waals surface area (Å²) in [7, 11) is 3.08. The van der Waals surface area contributed by atoms with Crippen molar-refractivity contribution in [1.29, 1.82) is 0 Å². The van der Waals surface area contributed by atoms with E-state index in [4.69, 9.17) is 14.2 Å². The summed E-state index contributed by atoms with van der Waals surface area (Å²) >= 11 is 0. The van der Waals surface area contributed by atoms with Crippen LogP contribution in [0.5, 0.6) is 11.5 Å². The molecule has 0 spiro atoms. The fourth-order valence-electron chi connectivity index (χ4n) is 5.64. The van der Waals surface area contributed by atoms with Gasteiger partial charge in [-0.15, -0.1) is 0 Å². The van der Waals surface area contributed by atoms with Crippen LogP contribution in [-0.2, 0) is 22.6 Å². The number of halogens is 1. The monoisotopic (exact) mass is 593 g/mol. The van der Waals surface area contributed by atoms with Gasteiger partial charge < -0.3 is 28.6 Å². The van der Waals surface area contributed by atoms with E-state index >= 15 is 0 Å². The van der Waals surface area contributed by atoms with Crippen LogP contribution in [0.2, 0.25) is 0 Å². The Morgan fingerprint density at radius 3 is 2.33 bits per heavy atom. The van der Waals surface area contributed by atoms with Gasteiger partial charge in [0.05, 0.1) is 20.8 Å². The number of methoxy groups -OCH3 is 2. The number of hydrogen-bond acceptors (Lipinski definition) is 5. The first-order chi connectivity index (χ1) is 20.9. The fraction of sp³-hybridized carbons (Fsp3) is 0.471. The first-order valence-electron chi connectivity index (χ1n) is 15.2. The van der Waals surface area contributed by atoms with Gasteiger partial charge in [-0.05, 0) is 68.1 Å². The number of nitrogens with zero attached hydrogens (tertiary/aromatic N) is 3. The molecule has 1 saturated carbocycles. The van der Waals surface area contributed by atoms with Crippen LogP contribution in [0, 0.1) is 5.82 Å².